The number of nitrogens with one attached hydrogen (secondary N) is 2. The zero-order chi connectivity index (χ0) is 13.8. The smallest absolute Gasteiger partial charge is 0.319 e. The van der Waals surface area contributed by atoms with Gasteiger partial charge in [-0.15, -0.1) is 0 Å². The van der Waals surface area contributed by atoms with Crippen LogP contribution in [0.5, 0.6) is 0 Å². The van der Waals surface area contributed by atoms with Crippen molar-refractivity contribution in [1.29, 1.82) is 0 Å². The van der Waals surface area contributed by atoms with Crippen LogP contribution in [0, 0.1) is 12.8 Å². The number of carbonyl (C=O) groups excluding carboxylic acids is 1. The van der Waals surface area contributed by atoms with Gasteiger partial charge in [0.15, 0.2) is 0 Å². The van der Waals surface area contributed by atoms with E-state index in [1.54, 1.807) is 6.07 Å². The molecule has 0 spiro atoms. The number of urea groups is 1. The van der Waals surface area contributed by atoms with E-state index in [-0.39, 0.29) is 24.6 Å². The molecule has 1 aliphatic carbocycles. The number of aliphatic hydroxyl groups excluding tert-OH is 1. The molecule has 0 radical (unpaired) electrons. The molecule has 3 N–H and O–H groups in total. The predicted molar refractivity (Wildman–Crippen MR) is 76.5 cm³/mol. The summed E-state index contributed by atoms with van der Waals surface area (Å²) in [5.41, 5.74) is 1.54. The summed E-state index contributed by atoms with van der Waals surface area (Å²) in [5.74, 6) is 0.132. The van der Waals surface area contributed by atoms with Crippen LogP contribution in [0.2, 0.25) is 5.02 Å². The largest absolute Gasteiger partial charge is 0.396 e. The number of aliphatic hydroxyl groups is 1. The Bertz CT molecular complexity index is 482. The lowest BCUT2D eigenvalue weighted by atomic mass is 10.1. The molecule has 1 aromatic carbocycles. The second-order valence-corrected chi connectivity index (χ2v) is 5.11. The van der Waals surface area contributed by atoms with Gasteiger partial charge in [-0.2, -0.15) is 0 Å². The number of halogens is 1. The van der Waals surface area contributed by atoms with Crippen LogP contribution >= 0.6 is 11.6 Å². The van der Waals surface area contributed by atoms with Crippen LogP contribution in [0.3, 0.4) is 0 Å². The third-order valence-corrected chi connectivity index (χ3v) is 3.50. The molecule has 0 saturated heterocycles. The molecule has 0 saturated carbocycles. The molecule has 102 valence electrons. The molecule has 2 atom stereocenters. The molecule has 0 bridgehead atoms. The number of hydrogen-bond donors (Lipinski definition) is 3. The molecular formula is C14H17ClN2O2. The highest BCUT2D eigenvalue weighted by atomic mass is 35.5. The van der Waals surface area contributed by atoms with E-state index in [1.165, 1.54) is 0 Å². The summed E-state index contributed by atoms with van der Waals surface area (Å²) in [6, 6.07) is 5.14. The highest BCUT2D eigenvalue weighted by Gasteiger charge is 2.20. The first-order chi connectivity index (χ1) is 9.10. The van der Waals surface area contributed by atoms with Crippen LogP contribution in [-0.4, -0.2) is 23.8 Å². The van der Waals surface area contributed by atoms with Crippen LogP contribution in [0.15, 0.2) is 30.4 Å². The molecular weight excluding hydrogens is 264 g/mol. The fourth-order valence-electron chi connectivity index (χ4n) is 2.13. The van der Waals surface area contributed by atoms with Gasteiger partial charge in [0.25, 0.3) is 0 Å². The minimum Gasteiger partial charge on any atom is -0.396 e. The van der Waals surface area contributed by atoms with Gasteiger partial charge in [-0.25, -0.2) is 4.79 Å². The van der Waals surface area contributed by atoms with E-state index in [0.717, 1.165) is 12.0 Å². The Morgan fingerprint density at radius 3 is 2.89 bits per heavy atom. The third kappa shape index (κ3) is 3.49. The molecule has 4 nitrogen and oxygen atoms in total. The zero-order valence-corrected chi connectivity index (χ0v) is 11.4. The SMILES string of the molecule is Cc1cccc(Cl)c1NC(=O)N[C@@H]1C=C[C@H](CO)C1. The topological polar surface area (TPSA) is 61.4 Å². The van der Waals surface area contributed by atoms with Gasteiger partial charge in [-0.1, -0.05) is 35.9 Å². The highest BCUT2D eigenvalue weighted by molar-refractivity contribution is 6.33. The molecule has 2 rings (SSSR count). The third-order valence-electron chi connectivity index (χ3n) is 3.18. The fraction of sp³-hybridized carbons (Fsp3) is 0.357. The van der Waals surface area contributed by atoms with E-state index in [1.807, 2.05) is 31.2 Å². The molecule has 0 aromatic heterocycles. The predicted octanol–water partition coefficient (Wildman–Crippen LogP) is 2.71. The standard InChI is InChI=1S/C14H17ClN2O2/c1-9-3-2-4-12(15)13(9)17-14(19)16-11-6-5-10(7-11)8-18/h2-6,10-11,18H,7-8H2,1H3,(H2,16,17,19)/t10-,11+/m0/s1. The van der Waals surface area contributed by atoms with Crippen molar-refractivity contribution in [3.63, 3.8) is 0 Å². The second kappa shape index (κ2) is 6.08. The maximum Gasteiger partial charge on any atom is 0.319 e. The Labute approximate surface area is 117 Å². The number of para-hydroxylation sites is 1. The highest BCUT2D eigenvalue weighted by Crippen LogP contribution is 2.25. The molecule has 0 unspecified atom stereocenters. The summed E-state index contributed by atoms with van der Waals surface area (Å²) in [7, 11) is 0. The minimum absolute atomic E-state index is 0.0417. The number of amides is 2. The average molecular weight is 281 g/mol. The minimum atomic E-state index is -0.288. The van der Waals surface area contributed by atoms with Crippen molar-refractivity contribution in [2.75, 3.05) is 11.9 Å². The Kier molecular flexibility index (Phi) is 4.45. The van der Waals surface area contributed by atoms with Crippen LogP contribution in [0.1, 0.15) is 12.0 Å². The molecule has 0 heterocycles. The zero-order valence-electron chi connectivity index (χ0n) is 10.7. The lowest BCUT2D eigenvalue weighted by molar-refractivity contribution is 0.238. The van der Waals surface area contributed by atoms with E-state index in [4.69, 9.17) is 16.7 Å². The van der Waals surface area contributed by atoms with Gasteiger partial charge in [0.1, 0.15) is 0 Å². The first-order valence-corrected chi connectivity index (χ1v) is 6.59. The Morgan fingerprint density at radius 2 is 2.26 bits per heavy atom. The number of carbonyl (C=O) groups is 1. The Hall–Kier alpha value is -1.52. The van der Waals surface area contributed by atoms with Crippen molar-refractivity contribution in [2.24, 2.45) is 5.92 Å². The lowest BCUT2D eigenvalue weighted by Crippen LogP contribution is -2.36. The number of aryl methyl sites for hydroxylation is 1. The average Bonchev–Trinajstić information content (AvgIpc) is 2.81. The maximum atomic E-state index is 11.9. The first-order valence-electron chi connectivity index (χ1n) is 6.22. The van der Waals surface area contributed by atoms with E-state index in [2.05, 4.69) is 10.6 Å². The summed E-state index contributed by atoms with van der Waals surface area (Å²) >= 11 is 6.05. The van der Waals surface area contributed by atoms with Gasteiger partial charge in [0.05, 0.1) is 10.7 Å². The van der Waals surface area contributed by atoms with Crippen molar-refractivity contribution >= 4 is 23.3 Å². The quantitative estimate of drug-likeness (QED) is 0.746. The molecule has 1 aromatic rings. The molecule has 5 heteroatoms. The van der Waals surface area contributed by atoms with Gasteiger partial charge >= 0.3 is 6.03 Å². The maximum absolute atomic E-state index is 11.9. The molecule has 0 fully saturated rings. The lowest BCUT2D eigenvalue weighted by Gasteiger charge is -2.15. The second-order valence-electron chi connectivity index (χ2n) is 4.70. The molecule has 2 amide bonds. The summed E-state index contributed by atoms with van der Waals surface area (Å²) < 4.78 is 0. The van der Waals surface area contributed by atoms with E-state index in [9.17, 15) is 4.79 Å². The normalized spacial score (nSPS) is 21.4. The molecule has 1 aliphatic rings. The summed E-state index contributed by atoms with van der Waals surface area (Å²) in [6.07, 6.45) is 4.55. The summed E-state index contributed by atoms with van der Waals surface area (Å²) in [6.45, 7) is 2.00. The van der Waals surface area contributed by atoms with E-state index < -0.39 is 0 Å². The van der Waals surface area contributed by atoms with Crippen LogP contribution < -0.4 is 10.6 Å². The van der Waals surface area contributed by atoms with Crippen LogP contribution in [-0.2, 0) is 0 Å². The van der Waals surface area contributed by atoms with Crippen molar-refractivity contribution in [1.82, 2.24) is 5.32 Å². The van der Waals surface area contributed by atoms with E-state index >= 15 is 0 Å². The van der Waals surface area contributed by atoms with Gasteiger partial charge < -0.3 is 15.7 Å². The summed E-state index contributed by atoms with van der Waals surface area (Å²) in [4.78, 5) is 11.9. The van der Waals surface area contributed by atoms with E-state index in [0.29, 0.717) is 10.7 Å². The van der Waals surface area contributed by atoms with Gasteiger partial charge in [-0.3, -0.25) is 0 Å². The van der Waals surface area contributed by atoms with Crippen molar-refractivity contribution in [3.05, 3.63) is 40.9 Å². The number of rotatable bonds is 3. The number of hydrogen-bond acceptors (Lipinski definition) is 2. The molecule has 0 aliphatic heterocycles. The van der Waals surface area contributed by atoms with Crippen LogP contribution in [0.25, 0.3) is 0 Å². The van der Waals surface area contributed by atoms with Crippen molar-refractivity contribution in [2.45, 2.75) is 19.4 Å². The fourth-order valence-corrected chi connectivity index (χ4v) is 2.39. The number of benzene rings is 1. The summed E-state index contributed by atoms with van der Waals surface area (Å²) in [5, 5.41) is 15.1. The van der Waals surface area contributed by atoms with Gasteiger partial charge in [0, 0.05) is 18.6 Å². The van der Waals surface area contributed by atoms with Crippen molar-refractivity contribution < 1.29 is 9.90 Å². The monoisotopic (exact) mass is 280 g/mol. The van der Waals surface area contributed by atoms with Gasteiger partial charge in [-0.05, 0) is 25.0 Å². The van der Waals surface area contributed by atoms with Crippen molar-refractivity contribution in [3.8, 4) is 0 Å². The van der Waals surface area contributed by atoms with Gasteiger partial charge in [0.2, 0.25) is 0 Å². The molecule has 19 heavy (non-hydrogen) atoms. The number of anilines is 1. The first kappa shape index (κ1) is 13.9. The Balaban J connectivity index is 1.94. The Morgan fingerprint density at radius 1 is 1.47 bits per heavy atom. The van der Waals surface area contributed by atoms with Crippen LogP contribution in [0.4, 0.5) is 10.5 Å².